The van der Waals surface area contributed by atoms with Crippen LogP contribution in [0.1, 0.15) is 18.7 Å². The molecule has 0 radical (unpaired) electrons. The van der Waals surface area contributed by atoms with E-state index in [2.05, 4.69) is 15.1 Å². The molecule has 1 aliphatic heterocycles. The average molecular weight is 318 g/mol. The summed E-state index contributed by atoms with van der Waals surface area (Å²) >= 11 is 0. The number of hydrogen-bond acceptors (Lipinski definition) is 7. The lowest BCUT2D eigenvalue weighted by atomic mass is 9.98. The van der Waals surface area contributed by atoms with Gasteiger partial charge in [0.25, 0.3) is 5.89 Å². The van der Waals surface area contributed by atoms with Crippen molar-refractivity contribution in [2.75, 3.05) is 25.1 Å². The van der Waals surface area contributed by atoms with E-state index >= 15 is 0 Å². The van der Waals surface area contributed by atoms with Crippen molar-refractivity contribution in [3.05, 3.63) is 24.2 Å². The molecule has 8 nitrogen and oxygen atoms in total. The molecule has 1 saturated heterocycles. The monoisotopic (exact) mass is 318 g/mol. The SMILES string of the molecule is COCc1noc(-c2ccc(N3CCCC(C(=O)O)C3)nc2)n1. The molecule has 1 unspecified atom stereocenters. The minimum absolute atomic E-state index is 0.291. The van der Waals surface area contributed by atoms with E-state index in [4.69, 9.17) is 14.4 Å². The van der Waals surface area contributed by atoms with Crippen LogP contribution in [-0.4, -0.2) is 46.4 Å². The van der Waals surface area contributed by atoms with Gasteiger partial charge in [0.2, 0.25) is 0 Å². The Morgan fingerprint density at radius 1 is 1.52 bits per heavy atom. The number of nitrogens with zero attached hydrogens (tertiary/aromatic N) is 4. The topological polar surface area (TPSA) is 102 Å². The highest BCUT2D eigenvalue weighted by atomic mass is 16.5. The van der Waals surface area contributed by atoms with E-state index in [1.807, 2.05) is 17.0 Å². The fraction of sp³-hybridized carbons (Fsp3) is 0.467. The lowest BCUT2D eigenvalue weighted by Gasteiger charge is -2.31. The van der Waals surface area contributed by atoms with Gasteiger partial charge in [0.05, 0.1) is 11.5 Å². The molecule has 2 aromatic rings. The Bertz CT molecular complexity index is 670. The molecular weight excluding hydrogens is 300 g/mol. The molecule has 2 aromatic heterocycles. The van der Waals surface area contributed by atoms with E-state index in [0.29, 0.717) is 31.3 Å². The maximum Gasteiger partial charge on any atom is 0.308 e. The van der Waals surface area contributed by atoms with E-state index in [-0.39, 0.29) is 5.92 Å². The number of carboxylic acids is 1. The van der Waals surface area contributed by atoms with Gasteiger partial charge in [-0.15, -0.1) is 0 Å². The first-order valence-electron chi connectivity index (χ1n) is 7.43. The molecule has 1 aliphatic rings. The highest BCUT2D eigenvalue weighted by Crippen LogP contribution is 2.24. The van der Waals surface area contributed by atoms with E-state index in [1.165, 1.54) is 0 Å². The van der Waals surface area contributed by atoms with Gasteiger partial charge in [-0.25, -0.2) is 4.98 Å². The number of pyridine rings is 1. The quantitative estimate of drug-likeness (QED) is 0.886. The third kappa shape index (κ3) is 3.48. The van der Waals surface area contributed by atoms with Crippen LogP contribution in [0.5, 0.6) is 0 Å². The van der Waals surface area contributed by atoms with E-state index in [0.717, 1.165) is 24.3 Å². The first-order valence-corrected chi connectivity index (χ1v) is 7.43. The summed E-state index contributed by atoms with van der Waals surface area (Å²) in [5, 5.41) is 13.0. The minimum atomic E-state index is -0.747. The molecule has 8 heteroatoms. The van der Waals surface area contributed by atoms with Crippen molar-refractivity contribution < 1.29 is 19.2 Å². The van der Waals surface area contributed by atoms with Crippen molar-refractivity contribution in [1.82, 2.24) is 15.1 Å². The number of piperidine rings is 1. The van der Waals surface area contributed by atoms with Crippen LogP contribution in [0.2, 0.25) is 0 Å². The fourth-order valence-electron chi connectivity index (χ4n) is 2.65. The van der Waals surface area contributed by atoms with Crippen LogP contribution in [0.4, 0.5) is 5.82 Å². The Balaban J connectivity index is 1.72. The van der Waals surface area contributed by atoms with Gasteiger partial charge in [-0.3, -0.25) is 4.79 Å². The van der Waals surface area contributed by atoms with Crippen LogP contribution in [-0.2, 0) is 16.1 Å². The van der Waals surface area contributed by atoms with Crippen LogP contribution < -0.4 is 4.90 Å². The zero-order valence-corrected chi connectivity index (χ0v) is 12.8. The molecule has 0 aliphatic carbocycles. The smallest absolute Gasteiger partial charge is 0.308 e. The Morgan fingerprint density at radius 3 is 3.09 bits per heavy atom. The summed E-state index contributed by atoms with van der Waals surface area (Å²) in [6.07, 6.45) is 3.22. The van der Waals surface area contributed by atoms with Crippen LogP contribution in [0.15, 0.2) is 22.9 Å². The standard InChI is InChI=1S/C15H18N4O4/c1-22-9-12-17-14(23-18-12)10-4-5-13(16-7-10)19-6-2-3-11(8-19)15(20)21/h4-5,7,11H,2-3,6,8-9H2,1H3,(H,20,21). The average Bonchev–Trinajstić information content (AvgIpc) is 3.04. The summed E-state index contributed by atoms with van der Waals surface area (Å²) in [6, 6.07) is 3.69. The Kier molecular flexibility index (Phi) is 4.52. The Hall–Kier alpha value is -2.48. The lowest BCUT2D eigenvalue weighted by Crippen LogP contribution is -2.39. The van der Waals surface area contributed by atoms with Crippen LogP contribution >= 0.6 is 0 Å². The molecule has 1 fully saturated rings. The highest BCUT2D eigenvalue weighted by molar-refractivity contribution is 5.71. The molecule has 0 spiro atoms. The largest absolute Gasteiger partial charge is 0.481 e. The lowest BCUT2D eigenvalue weighted by molar-refractivity contribution is -0.141. The number of aliphatic carboxylic acids is 1. The first kappa shape index (κ1) is 15.4. The molecule has 1 N–H and O–H groups in total. The number of carbonyl (C=O) groups is 1. The number of methoxy groups -OCH3 is 1. The van der Waals surface area contributed by atoms with Crippen LogP contribution in [0, 0.1) is 5.92 Å². The van der Waals surface area contributed by atoms with Crippen LogP contribution in [0.25, 0.3) is 11.5 Å². The molecule has 0 amide bonds. The molecule has 0 saturated carbocycles. The summed E-state index contributed by atoms with van der Waals surface area (Å²) in [4.78, 5) is 21.8. The first-order chi connectivity index (χ1) is 11.2. The van der Waals surface area contributed by atoms with Crippen LogP contribution in [0.3, 0.4) is 0 Å². The summed E-state index contributed by atoms with van der Waals surface area (Å²) in [5.41, 5.74) is 0.718. The fourth-order valence-corrected chi connectivity index (χ4v) is 2.65. The highest BCUT2D eigenvalue weighted by Gasteiger charge is 2.26. The van der Waals surface area contributed by atoms with Crippen molar-refractivity contribution >= 4 is 11.8 Å². The molecule has 23 heavy (non-hydrogen) atoms. The molecule has 3 rings (SSSR count). The van der Waals surface area contributed by atoms with Crippen molar-refractivity contribution in [3.8, 4) is 11.5 Å². The van der Waals surface area contributed by atoms with Gasteiger partial charge >= 0.3 is 5.97 Å². The van der Waals surface area contributed by atoms with E-state index in [9.17, 15) is 4.79 Å². The number of anilines is 1. The van der Waals surface area contributed by atoms with Gasteiger partial charge in [-0.2, -0.15) is 4.98 Å². The van der Waals surface area contributed by atoms with E-state index < -0.39 is 5.97 Å². The third-order valence-electron chi connectivity index (χ3n) is 3.83. The van der Waals surface area contributed by atoms with Gasteiger partial charge in [0.1, 0.15) is 12.4 Å². The number of rotatable bonds is 5. The maximum atomic E-state index is 11.1. The number of aromatic nitrogens is 3. The summed E-state index contributed by atoms with van der Waals surface area (Å²) in [7, 11) is 1.56. The normalized spacial score (nSPS) is 18.1. The molecule has 0 aromatic carbocycles. The summed E-state index contributed by atoms with van der Waals surface area (Å²) < 4.78 is 10.1. The number of ether oxygens (including phenoxy) is 1. The maximum absolute atomic E-state index is 11.1. The summed E-state index contributed by atoms with van der Waals surface area (Å²) in [6.45, 7) is 1.59. The molecule has 3 heterocycles. The predicted octanol–water partition coefficient (Wildman–Crippen LogP) is 1.58. The van der Waals surface area contributed by atoms with Crippen molar-refractivity contribution in [3.63, 3.8) is 0 Å². The van der Waals surface area contributed by atoms with Gasteiger partial charge in [0, 0.05) is 26.4 Å². The van der Waals surface area contributed by atoms with E-state index in [1.54, 1.807) is 13.3 Å². The predicted molar refractivity (Wildman–Crippen MR) is 80.8 cm³/mol. The van der Waals surface area contributed by atoms with Crippen molar-refractivity contribution in [2.24, 2.45) is 5.92 Å². The minimum Gasteiger partial charge on any atom is -0.481 e. The van der Waals surface area contributed by atoms with Crippen molar-refractivity contribution in [2.45, 2.75) is 19.4 Å². The van der Waals surface area contributed by atoms with Crippen molar-refractivity contribution in [1.29, 1.82) is 0 Å². The van der Waals surface area contributed by atoms with Gasteiger partial charge in [-0.1, -0.05) is 5.16 Å². The Morgan fingerprint density at radius 2 is 2.39 bits per heavy atom. The molecule has 122 valence electrons. The summed E-state index contributed by atoms with van der Waals surface area (Å²) in [5.74, 6) is 0.544. The number of carboxylic acid groups (broad SMARTS) is 1. The second-order valence-electron chi connectivity index (χ2n) is 5.48. The zero-order chi connectivity index (χ0) is 16.2. The zero-order valence-electron chi connectivity index (χ0n) is 12.8. The molecule has 1 atom stereocenters. The molecular formula is C15H18N4O4. The van der Waals surface area contributed by atoms with Gasteiger partial charge in [0.15, 0.2) is 5.82 Å². The molecule has 0 bridgehead atoms. The number of hydrogen-bond donors (Lipinski definition) is 1. The Labute approximate surface area is 133 Å². The van der Waals surface area contributed by atoms with Gasteiger partial charge in [-0.05, 0) is 25.0 Å². The second-order valence-corrected chi connectivity index (χ2v) is 5.48. The second kappa shape index (κ2) is 6.74. The third-order valence-corrected chi connectivity index (χ3v) is 3.83. The van der Waals surface area contributed by atoms with Gasteiger partial charge < -0.3 is 19.3 Å².